The lowest BCUT2D eigenvalue weighted by atomic mass is 9.94. The molecule has 5 heteroatoms. The van der Waals surface area contributed by atoms with Gasteiger partial charge >= 0.3 is 0 Å². The number of hydrogen-bond acceptors (Lipinski definition) is 4. The Balaban J connectivity index is 1.97. The van der Waals surface area contributed by atoms with Crippen LogP contribution < -0.4 is 5.32 Å². The Morgan fingerprint density at radius 1 is 1.35 bits per heavy atom. The largest absolute Gasteiger partial charge is 0.508 e. The van der Waals surface area contributed by atoms with Gasteiger partial charge in [0.15, 0.2) is 0 Å². The molecule has 0 amide bonds. The van der Waals surface area contributed by atoms with E-state index in [1.54, 1.807) is 6.07 Å². The van der Waals surface area contributed by atoms with E-state index < -0.39 is 9.84 Å². The minimum absolute atomic E-state index is 0.211. The van der Waals surface area contributed by atoms with Crippen LogP contribution in [0, 0.1) is 6.92 Å². The summed E-state index contributed by atoms with van der Waals surface area (Å²) in [6, 6.07) is 5.69. The zero-order chi connectivity index (χ0) is 14.8. The average Bonchev–Trinajstić information content (AvgIpc) is 2.37. The van der Waals surface area contributed by atoms with Gasteiger partial charge in [-0.15, -0.1) is 0 Å². The van der Waals surface area contributed by atoms with Crippen molar-refractivity contribution in [2.75, 3.05) is 6.26 Å². The predicted molar refractivity (Wildman–Crippen MR) is 80.6 cm³/mol. The molecule has 1 aliphatic carbocycles. The van der Waals surface area contributed by atoms with E-state index >= 15 is 0 Å². The van der Waals surface area contributed by atoms with Gasteiger partial charge in [-0.25, -0.2) is 8.42 Å². The minimum Gasteiger partial charge on any atom is -0.508 e. The van der Waals surface area contributed by atoms with Crippen LogP contribution >= 0.6 is 0 Å². The molecule has 0 spiro atoms. The Morgan fingerprint density at radius 3 is 2.75 bits per heavy atom. The van der Waals surface area contributed by atoms with Crippen molar-refractivity contribution in [1.82, 2.24) is 5.32 Å². The van der Waals surface area contributed by atoms with Crippen molar-refractivity contribution in [3.63, 3.8) is 0 Å². The van der Waals surface area contributed by atoms with E-state index in [-0.39, 0.29) is 11.3 Å². The smallest absolute Gasteiger partial charge is 0.150 e. The summed E-state index contributed by atoms with van der Waals surface area (Å²) >= 11 is 0. The van der Waals surface area contributed by atoms with Crippen molar-refractivity contribution in [3.05, 3.63) is 29.3 Å². The first kappa shape index (κ1) is 15.3. The molecule has 0 radical (unpaired) electrons. The number of rotatable bonds is 4. The van der Waals surface area contributed by atoms with E-state index in [1.165, 1.54) is 6.26 Å². The number of nitrogens with one attached hydrogen (secondary N) is 1. The third-order valence-electron chi connectivity index (χ3n) is 4.18. The summed E-state index contributed by atoms with van der Waals surface area (Å²) in [5.74, 6) is 0.299. The van der Waals surface area contributed by atoms with Gasteiger partial charge in [0.1, 0.15) is 15.6 Å². The lowest BCUT2D eigenvalue weighted by Crippen LogP contribution is -2.38. The standard InChI is InChI=1S/C15H23NO3S/c1-11-5-3-8-15(17)14(11)10-16-12-6-4-7-13(9-12)20(2,18)19/h3,5,8,12-13,16-17H,4,6-7,9-10H2,1-2H3. The van der Waals surface area contributed by atoms with E-state index in [0.29, 0.717) is 18.7 Å². The maximum absolute atomic E-state index is 11.6. The number of phenols is 1. The predicted octanol–water partition coefficient (Wildman–Crippen LogP) is 2.15. The van der Waals surface area contributed by atoms with Gasteiger partial charge in [-0.05, 0) is 37.8 Å². The van der Waals surface area contributed by atoms with Crippen molar-refractivity contribution in [3.8, 4) is 5.75 Å². The SMILES string of the molecule is Cc1cccc(O)c1CNC1CCCC(S(C)(=O)=O)C1. The maximum Gasteiger partial charge on any atom is 0.150 e. The number of hydrogen-bond donors (Lipinski definition) is 2. The Kier molecular flexibility index (Phi) is 4.70. The Morgan fingerprint density at radius 2 is 2.10 bits per heavy atom. The molecule has 112 valence electrons. The maximum atomic E-state index is 11.6. The molecule has 1 fully saturated rings. The van der Waals surface area contributed by atoms with Crippen LogP contribution in [-0.4, -0.2) is 31.1 Å². The lowest BCUT2D eigenvalue weighted by molar-refractivity contribution is 0.367. The third-order valence-corrected chi connectivity index (χ3v) is 5.82. The molecule has 1 aromatic rings. The van der Waals surface area contributed by atoms with Gasteiger partial charge in [0, 0.05) is 24.4 Å². The van der Waals surface area contributed by atoms with Gasteiger partial charge < -0.3 is 10.4 Å². The molecular weight excluding hydrogens is 274 g/mol. The normalized spacial score (nSPS) is 23.7. The quantitative estimate of drug-likeness (QED) is 0.893. The zero-order valence-electron chi connectivity index (χ0n) is 12.1. The first-order valence-corrected chi connectivity index (χ1v) is 9.03. The molecule has 0 aromatic heterocycles. The van der Waals surface area contributed by atoms with Crippen molar-refractivity contribution >= 4 is 9.84 Å². The first-order valence-electron chi connectivity index (χ1n) is 7.07. The van der Waals surface area contributed by atoms with Gasteiger partial charge in [0.05, 0.1) is 5.25 Å². The minimum atomic E-state index is -2.95. The van der Waals surface area contributed by atoms with E-state index in [1.807, 2.05) is 19.1 Å². The van der Waals surface area contributed by atoms with Crippen molar-refractivity contribution < 1.29 is 13.5 Å². The monoisotopic (exact) mass is 297 g/mol. The van der Waals surface area contributed by atoms with Crippen LogP contribution in [0.2, 0.25) is 0 Å². The highest BCUT2D eigenvalue weighted by molar-refractivity contribution is 7.91. The highest BCUT2D eigenvalue weighted by Gasteiger charge is 2.28. The highest BCUT2D eigenvalue weighted by atomic mass is 32.2. The van der Waals surface area contributed by atoms with Crippen LogP contribution in [0.15, 0.2) is 18.2 Å². The number of phenolic OH excluding ortho intramolecular Hbond substituents is 1. The van der Waals surface area contributed by atoms with Gasteiger partial charge in [0.25, 0.3) is 0 Å². The van der Waals surface area contributed by atoms with Gasteiger partial charge in [-0.3, -0.25) is 0 Å². The fourth-order valence-electron chi connectivity index (χ4n) is 2.88. The zero-order valence-corrected chi connectivity index (χ0v) is 12.9. The number of aryl methyl sites for hydroxylation is 1. The fourth-order valence-corrected chi connectivity index (χ4v) is 4.06. The summed E-state index contributed by atoms with van der Waals surface area (Å²) in [5.41, 5.74) is 1.95. The molecule has 0 aliphatic heterocycles. The van der Waals surface area contributed by atoms with Crippen LogP contribution in [0.3, 0.4) is 0 Å². The van der Waals surface area contributed by atoms with Crippen LogP contribution in [-0.2, 0) is 16.4 Å². The molecule has 1 aromatic carbocycles. The molecule has 2 atom stereocenters. The van der Waals surface area contributed by atoms with Crippen molar-refractivity contribution in [2.24, 2.45) is 0 Å². The van der Waals surface area contributed by atoms with Crippen LogP contribution in [0.1, 0.15) is 36.8 Å². The molecule has 1 aliphatic rings. The Hall–Kier alpha value is -1.07. The lowest BCUT2D eigenvalue weighted by Gasteiger charge is -2.29. The topological polar surface area (TPSA) is 66.4 Å². The molecule has 0 bridgehead atoms. The van der Waals surface area contributed by atoms with Crippen molar-refractivity contribution in [1.29, 1.82) is 0 Å². The highest BCUT2D eigenvalue weighted by Crippen LogP contribution is 2.25. The van der Waals surface area contributed by atoms with Gasteiger partial charge in [-0.1, -0.05) is 18.6 Å². The first-order chi connectivity index (χ1) is 9.38. The van der Waals surface area contributed by atoms with E-state index in [2.05, 4.69) is 5.32 Å². The van der Waals surface area contributed by atoms with Crippen LogP contribution in [0.25, 0.3) is 0 Å². The van der Waals surface area contributed by atoms with Crippen molar-refractivity contribution in [2.45, 2.75) is 50.4 Å². The van der Waals surface area contributed by atoms with Gasteiger partial charge in [-0.2, -0.15) is 0 Å². The Bertz CT molecular complexity index is 548. The number of benzene rings is 1. The fraction of sp³-hybridized carbons (Fsp3) is 0.600. The van der Waals surface area contributed by atoms with Crippen LogP contribution in [0.5, 0.6) is 5.75 Å². The second kappa shape index (κ2) is 6.14. The molecule has 1 saturated carbocycles. The molecule has 2 N–H and O–H groups in total. The third kappa shape index (κ3) is 3.73. The molecular formula is C15H23NO3S. The molecule has 0 heterocycles. The Labute approximate surface area is 121 Å². The van der Waals surface area contributed by atoms with E-state index in [0.717, 1.165) is 30.4 Å². The van der Waals surface area contributed by atoms with Crippen LogP contribution in [0.4, 0.5) is 0 Å². The molecule has 20 heavy (non-hydrogen) atoms. The number of sulfone groups is 1. The molecule has 4 nitrogen and oxygen atoms in total. The molecule has 0 saturated heterocycles. The van der Waals surface area contributed by atoms with Gasteiger partial charge in [0.2, 0.25) is 0 Å². The summed E-state index contributed by atoms with van der Waals surface area (Å²) in [4.78, 5) is 0. The van der Waals surface area contributed by atoms with E-state index in [4.69, 9.17) is 0 Å². The summed E-state index contributed by atoms with van der Waals surface area (Å²) in [6.07, 6.45) is 4.71. The summed E-state index contributed by atoms with van der Waals surface area (Å²) < 4.78 is 23.3. The second-order valence-electron chi connectivity index (χ2n) is 5.77. The average molecular weight is 297 g/mol. The number of aromatic hydroxyl groups is 1. The summed E-state index contributed by atoms with van der Waals surface area (Å²) in [5, 5.41) is 13.0. The summed E-state index contributed by atoms with van der Waals surface area (Å²) in [6.45, 7) is 2.55. The molecule has 2 rings (SSSR count). The molecule has 2 unspecified atom stereocenters. The second-order valence-corrected chi connectivity index (χ2v) is 8.09. The van der Waals surface area contributed by atoms with E-state index in [9.17, 15) is 13.5 Å². The summed E-state index contributed by atoms with van der Waals surface area (Å²) in [7, 11) is -2.95.